The van der Waals surface area contributed by atoms with Crippen LogP contribution in [0.3, 0.4) is 0 Å². The maximum absolute atomic E-state index is 14.5. The van der Waals surface area contributed by atoms with Crippen molar-refractivity contribution in [1.29, 1.82) is 0 Å². The van der Waals surface area contributed by atoms with Crippen LogP contribution in [0.1, 0.15) is 107 Å². The van der Waals surface area contributed by atoms with Gasteiger partial charge in [0.1, 0.15) is 102 Å². The predicted octanol–water partition coefficient (Wildman–Crippen LogP) is -5.76. The van der Waals surface area contributed by atoms with E-state index in [4.69, 9.17) is 47.4 Å². The zero-order valence-electron chi connectivity index (χ0n) is 48.7. The number of carbonyl (C=O) groups is 1. The molecule has 9 rings (SSSR count). The molecule has 0 aromatic rings. The number of carbonyl (C=O) groups excluding carboxylic acids is 1. The van der Waals surface area contributed by atoms with Crippen LogP contribution < -0.4 is 29.6 Å². The molecule has 4 aliphatic carbocycles. The first-order valence-corrected chi connectivity index (χ1v) is 29.9. The summed E-state index contributed by atoms with van der Waals surface area (Å²) in [6.45, 7) is 12.7. The second kappa shape index (κ2) is 24.8. The summed E-state index contributed by atoms with van der Waals surface area (Å²) in [5.74, 6) is -1.10. The number of cyclic esters (lactones) is 1. The van der Waals surface area contributed by atoms with Crippen LogP contribution in [0.15, 0.2) is 11.6 Å². The van der Waals surface area contributed by atoms with E-state index in [0.29, 0.717) is 32.1 Å². The molecule has 8 fully saturated rings. The molecule has 0 amide bonds. The van der Waals surface area contributed by atoms with Gasteiger partial charge in [-0.1, -0.05) is 53.2 Å². The molecular weight excluding hydrogens is 1140 g/mol. The van der Waals surface area contributed by atoms with Crippen molar-refractivity contribution in [2.45, 2.75) is 253 Å². The molecule has 472 valence electrons. The number of hydrogen-bond acceptors (Lipinski definition) is 27. The Morgan fingerprint density at radius 2 is 1.30 bits per heavy atom. The molecule has 83 heavy (non-hydrogen) atoms. The van der Waals surface area contributed by atoms with Gasteiger partial charge < -0.3 is 113 Å². The largest absolute Gasteiger partial charge is 1.00 e. The molecule has 3 saturated carbocycles. The van der Waals surface area contributed by atoms with Gasteiger partial charge in [0.25, 0.3) is 0 Å². The van der Waals surface area contributed by atoms with Crippen molar-refractivity contribution >= 4 is 16.4 Å². The van der Waals surface area contributed by atoms with Gasteiger partial charge in [-0.3, -0.25) is 8.98 Å². The molecule has 2 unspecified atom stereocenters. The molecule has 0 aromatic heterocycles. The first-order chi connectivity index (χ1) is 38.2. The van der Waals surface area contributed by atoms with Gasteiger partial charge in [-0.15, -0.1) is 0 Å². The quantitative estimate of drug-likeness (QED) is 0.0161. The van der Waals surface area contributed by atoms with Crippen molar-refractivity contribution in [3.05, 3.63) is 11.6 Å². The number of aliphatic hydroxyl groups excluding tert-OH is 11. The Labute approximate surface area is 505 Å². The summed E-state index contributed by atoms with van der Waals surface area (Å²) in [5.41, 5.74) is -6.05. The van der Waals surface area contributed by atoms with Gasteiger partial charge in [-0.05, 0) is 99.2 Å². The van der Waals surface area contributed by atoms with Crippen LogP contribution in [0.2, 0.25) is 0 Å². The Morgan fingerprint density at radius 3 is 1.89 bits per heavy atom. The minimum absolute atomic E-state index is 0. The zero-order chi connectivity index (χ0) is 60.4. The first-order valence-electron chi connectivity index (χ1n) is 28.6. The molecule has 29 heteroatoms. The number of hydrogen-bond donors (Lipinski definition) is 12. The van der Waals surface area contributed by atoms with E-state index < -0.39 is 204 Å². The van der Waals surface area contributed by atoms with Crippen molar-refractivity contribution < 1.29 is 160 Å². The van der Waals surface area contributed by atoms with Crippen molar-refractivity contribution in [2.24, 2.45) is 39.4 Å². The fourth-order valence-corrected chi connectivity index (χ4v) is 16.8. The van der Waals surface area contributed by atoms with Crippen LogP contribution >= 0.6 is 0 Å². The van der Waals surface area contributed by atoms with Crippen LogP contribution in [-0.2, 0) is 66.7 Å². The van der Waals surface area contributed by atoms with Gasteiger partial charge in [0.15, 0.2) is 25.2 Å². The number of fused-ring (bicyclic) bond motifs is 4. The second-order valence-electron chi connectivity index (χ2n) is 26.0. The molecule has 0 aromatic carbocycles. The molecule has 5 heterocycles. The van der Waals surface area contributed by atoms with Crippen LogP contribution in [-0.4, -0.2) is 253 Å². The second-order valence-corrected chi connectivity index (χ2v) is 27.1. The van der Waals surface area contributed by atoms with E-state index in [9.17, 15) is 79.0 Å². The number of rotatable bonds is 17. The molecule has 5 aliphatic heterocycles. The molecule has 12 N–H and O–H groups in total. The van der Waals surface area contributed by atoms with E-state index in [1.165, 1.54) is 14.0 Å². The zero-order valence-corrected chi connectivity index (χ0v) is 51.5. The standard InChI is InChI=1S/C54H88O27S.Na/c1-22(2)26(57)12-15-52(8)53(67)17-16-51(7)24-10-11-30-49(4,5)32(13-14-50(30,6)25(24)18-31(58)54(51,53)48(66)80-52)76-47-43(35(61)29(21-72-47)81-82(68,69)70)79-44-37(63)36(62)40(23(3)73-44)77-46-39(65)42(34(60)28(20-56)75-46)78-45-38(64)41(71-9)33(59)27(19-55)74-45;/h18,22-24,26-47,55-65,67H,10-17,19-21H2,1-9H3,(H,68,69,70);/q;+1/p-1/t23-,24-,26?,27-,28-,29-,30+,31+,32+,33-,34-,35+,36-,37-,38-,39-,40-,41+,42+,43-,44+,45+,46+,47+,50-,51+,52+,53+,54?;/m1./s1. The van der Waals surface area contributed by atoms with Crippen molar-refractivity contribution in [3.8, 4) is 0 Å². The van der Waals surface area contributed by atoms with E-state index in [1.54, 1.807) is 13.0 Å². The third-order valence-electron chi connectivity index (χ3n) is 21.0. The van der Waals surface area contributed by atoms with E-state index in [0.717, 1.165) is 5.57 Å². The van der Waals surface area contributed by atoms with Crippen LogP contribution in [0.4, 0.5) is 0 Å². The fourth-order valence-electron chi connectivity index (χ4n) is 16.3. The molecule has 1 spiro atoms. The molecule has 5 saturated heterocycles. The summed E-state index contributed by atoms with van der Waals surface area (Å²) in [7, 11) is -4.27. The van der Waals surface area contributed by atoms with E-state index in [1.807, 2.05) is 34.6 Å². The molecule has 9 aliphatic rings. The number of ether oxygens (including phenoxy) is 10. The minimum Gasteiger partial charge on any atom is -0.726 e. The SMILES string of the molecule is CO[C@@H]1[C@@H](O)[C@H](O[C@@H]2[C@@H](O)[C@H](O[C@H]3[C@H](O)[C@@H](O)[C@H](O[C@H]4[C@H](O[C@H]5CC[C@]6(C)C7=C[C@H](O)C89C(=O)O[C@@](C)(CCC(O)C(C)C)[C@@]8(O)CC[C@@]9(C)[C@@H]7CC[C@H]6C5(C)C)OC[C@@H](OS(=O)(=O)[O-])[C@@H]4O)O[C@@H]3C)O[C@H](CO)[C@H]2O)O[C@H](CO)[C@H]1O.[Na+]. The Kier molecular flexibility index (Phi) is 20.4. The van der Waals surface area contributed by atoms with E-state index in [2.05, 4.69) is 11.1 Å². The van der Waals surface area contributed by atoms with Crippen LogP contribution in [0.25, 0.3) is 0 Å². The van der Waals surface area contributed by atoms with Crippen LogP contribution in [0.5, 0.6) is 0 Å². The maximum Gasteiger partial charge on any atom is 1.00 e. The van der Waals surface area contributed by atoms with Crippen LogP contribution in [0, 0.1) is 39.4 Å². The summed E-state index contributed by atoms with van der Waals surface area (Å²) in [4.78, 5) is 14.5. The van der Waals surface area contributed by atoms with Gasteiger partial charge >= 0.3 is 35.5 Å². The predicted molar refractivity (Wildman–Crippen MR) is 273 cm³/mol. The Bertz CT molecular complexity index is 2430. The first kappa shape index (κ1) is 68.2. The number of aliphatic hydroxyl groups is 12. The Morgan fingerprint density at radius 1 is 0.723 bits per heavy atom. The summed E-state index contributed by atoms with van der Waals surface area (Å²) >= 11 is 0. The third-order valence-corrected chi connectivity index (χ3v) is 21.5. The third kappa shape index (κ3) is 11.2. The van der Waals surface area contributed by atoms with E-state index >= 15 is 0 Å². The smallest absolute Gasteiger partial charge is 0.726 e. The minimum atomic E-state index is -5.45. The van der Waals surface area contributed by atoms with E-state index in [-0.39, 0.29) is 66.6 Å². The number of allylic oxidation sites excluding steroid dienone is 1. The topological polar surface area (TPSA) is 419 Å². The maximum atomic E-state index is 14.5. The van der Waals surface area contributed by atoms with Crippen molar-refractivity contribution in [1.82, 2.24) is 0 Å². The summed E-state index contributed by atoms with van der Waals surface area (Å²) in [6, 6.07) is 0. The van der Waals surface area contributed by atoms with Gasteiger partial charge in [-0.2, -0.15) is 0 Å². The molecule has 27 nitrogen and oxygen atoms in total. The van der Waals surface area contributed by atoms with Gasteiger partial charge in [0.05, 0.1) is 44.2 Å². The summed E-state index contributed by atoms with van der Waals surface area (Å²) in [6.07, 6.45) is -30.5. The van der Waals surface area contributed by atoms with Crippen molar-refractivity contribution in [2.75, 3.05) is 26.9 Å². The molecular formula is C54H87NaO27S. The average molecular weight is 1220 g/mol. The fraction of sp³-hybridized carbons (Fsp3) is 0.944. The summed E-state index contributed by atoms with van der Waals surface area (Å²) < 4.78 is 99.6. The monoisotopic (exact) mass is 1220 g/mol. The van der Waals surface area contributed by atoms with Gasteiger partial charge in [0.2, 0.25) is 10.4 Å². The summed E-state index contributed by atoms with van der Waals surface area (Å²) in [5, 5.41) is 135. The normalized spacial score (nSPS) is 51.0. The number of esters is 1. The van der Waals surface area contributed by atoms with Gasteiger partial charge in [-0.25, -0.2) is 8.42 Å². The van der Waals surface area contributed by atoms with Crippen molar-refractivity contribution in [3.63, 3.8) is 0 Å². The number of methoxy groups -OCH3 is 1. The average Bonchev–Trinajstić information content (AvgIpc) is 1.52. The van der Waals surface area contributed by atoms with Gasteiger partial charge in [0, 0.05) is 7.11 Å². The Hall–Kier alpha value is -0.760. The molecule has 0 radical (unpaired) electrons. The Balaban J connectivity index is 0.00000900. The molecule has 29 atom stereocenters. The molecule has 0 bridgehead atoms.